The first-order valence-corrected chi connectivity index (χ1v) is 5.82. The van der Waals surface area contributed by atoms with Crippen LogP contribution in [0.3, 0.4) is 0 Å². The number of hydrogen-bond acceptors (Lipinski definition) is 5. The lowest BCUT2D eigenvalue weighted by molar-refractivity contribution is -0.144. The van der Waals surface area contributed by atoms with Gasteiger partial charge < -0.3 is 15.4 Å². The van der Waals surface area contributed by atoms with E-state index in [4.69, 9.17) is 16.3 Å². The summed E-state index contributed by atoms with van der Waals surface area (Å²) in [6.45, 7) is 0.396. The topological polar surface area (TPSA) is 76.1 Å². The zero-order chi connectivity index (χ0) is 15.2. The Balaban J connectivity index is 2.60. The van der Waals surface area contributed by atoms with Crippen molar-refractivity contribution in [2.24, 2.45) is 0 Å². The van der Waals surface area contributed by atoms with Crippen molar-refractivity contribution in [1.29, 1.82) is 0 Å². The lowest BCUT2D eigenvalue weighted by Gasteiger charge is -2.09. The predicted octanol–water partition coefficient (Wildman–Crippen LogP) is 1.32. The minimum Gasteiger partial charge on any atom is -0.383 e. The van der Waals surface area contributed by atoms with E-state index in [1.165, 1.54) is 7.11 Å². The molecular formula is C10H12ClF3N4O2. The summed E-state index contributed by atoms with van der Waals surface area (Å²) in [5.74, 6) is -1.96. The molecule has 2 N–H and O–H groups in total. The molecule has 1 aromatic rings. The van der Waals surface area contributed by atoms with Crippen LogP contribution in [-0.2, 0) is 15.7 Å². The van der Waals surface area contributed by atoms with Gasteiger partial charge in [0.1, 0.15) is 11.0 Å². The first kappa shape index (κ1) is 16.4. The van der Waals surface area contributed by atoms with Crippen LogP contribution in [0.1, 0.15) is 5.82 Å². The lowest BCUT2D eigenvalue weighted by Crippen LogP contribution is -2.32. The summed E-state index contributed by atoms with van der Waals surface area (Å²) in [5, 5.41) is 4.56. The Hall–Kier alpha value is -1.61. The maximum Gasteiger partial charge on any atom is 0.451 e. The van der Waals surface area contributed by atoms with E-state index < -0.39 is 17.9 Å². The highest BCUT2D eigenvalue weighted by atomic mass is 35.5. The van der Waals surface area contributed by atoms with E-state index in [9.17, 15) is 18.0 Å². The van der Waals surface area contributed by atoms with Crippen molar-refractivity contribution >= 4 is 23.3 Å². The number of carbonyl (C=O) groups excluding carboxylic acids is 1. The molecular weight excluding hydrogens is 301 g/mol. The van der Waals surface area contributed by atoms with Crippen molar-refractivity contribution in [2.75, 3.05) is 32.1 Å². The van der Waals surface area contributed by atoms with Crippen LogP contribution < -0.4 is 10.6 Å². The molecule has 0 fully saturated rings. The van der Waals surface area contributed by atoms with Gasteiger partial charge in [-0.3, -0.25) is 4.79 Å². The van der Waals surface area contributed by atoms with Crippen molar-refractivity contribution in [3.8, 4) is 0 Å². The average Bonchev–Trinajstić information content (AvgIpc) is 2.35. The molecule has 1 aromatic heterocycles. The minimum absolute atomic E-state index is 0.181. The number of ether oxygens (including phenoxy) is 1. The number of alkyl halides is 3. The van der Waals surface area contributed by atoms with Crippen LogP contribution >= 0.6 is 11.6 Å². The average molecular weight is 313 g/mol. The van der Waals surface area contributed by atoms with Crippen molar-refractivity contribution in [2.45, 2.75) is 6.18 Å². The predicted molar refractivity (Wildman–Crippen MR) is 65.4 cm³/mol. The summed E-state index contributed by atoms with van der Waals surface area (Å²) in [7, 11) is 1.48. The SMILES string of the molecule is COCCNC(=O)CNc1cc(Cl)nc(C(F)(F)F)n1. The number of nitrogens with zero attached hydrogens (tertiary/aromatic N) is 2. The van der Waals surface area contributed by atoms with Crippen LogP contribution in [0, 0.1) is 0 Å². The molecule has 0 spiro atoms. The summed E-state index contributed by atoms with van der Waals surface area (Å²) in [4.78, 5) is 17.6. The monoisotopic (exact) mass is 312 g/mol. The molecule has 0 aliphatic rings. The van der Waals surface area contributed by atoms with Crippen LogP contribution in [0.4, 0.5) is 19.0 Å². The lowest BCUT2D eigenvalue weighted by atomic mass is 10.4. The van der Waals surface area contributed by atoms with Gasteiger partial charge in [-0.05, 0) is 0 Å². The van der Waals surface area contributed by atoms with E-state index in [-0.39, 0.29) is 17.5 Å². The number of hydrogen-bond donors (Lipinski definition) is 2. The molecule has 0 aromatic carbocycles. The molecule has 0 aliphatic carbocycles. The number of nitrogens with one attached hydrogen (secondary N) is 2. The molecule has 1 rings (SSSR count). The van der Waals surface area contributed by atoms with Crippen LogP contribution in [-0.4, -0.2) is 42.7 Å². The number of amides is 1. The molecule has 0 saturated heterocycles. The molecule has 1 amide bonds. The van der Waals surface area contributed by atoms with Crippen LogP contribution in [0.2, 0.25) is 5.15 Å². The molecule has 1 heterocycles. The van der Waals surface area contributed by atoms with E-state index in [0.29, 0.717) is 13.2 Å². The van der Waals surface area contributed by atoms with Crippen LogP contribution in [0.5, 0.6) is 0 Å². The normalized spacial score (nSPS) is 11.2. The fourth-order valence-electron chi connectivity index (χ4n) is 1.16. The molecule has 0 atom stereocenters. The smallest absolute Gasteiger partial charge is 0.383 e. The molecule has 0 aliphatic heterocycles. The molecule has 20 heavy (non-hydrogen) atoms. The largest absolute Gasteiger partial charge is 0.451 e. The molecule has 6 nitrogen and oxygen atoms in total. The van der Waals surface area contributed by atoms with Gasteiger partial charge in [-0.2, -0.15) is 13.2 Å². The standard InChI is InChI=1S/C10H12ClF3N4O2/c1-20-3-2-15-8(19)5-16-7-4-6(11)17-9(18-7)10(12,13)14/h4H,2-3,5H2,1H3,(H,15,19)(H,16,17,18). The van der Waals surface area contributed by atoms with Gasteiger partial charge in [-0.15, -0.1) is 0 Å². The number of carbonyl (C=O) groups is 1. The van der Waals surface area contributed by atoms with Gasteiger partial charge in [0.2, 0.25) is 11.7 Å². The summed E-state index contributed by atoms with van der Waals surface area (Å²) in [6.07, 6.45) is -4.71. The van der Waals surface area contributed by atoms with Crippen molar-refractivity contribution in [3.05, 3.63) is 17.0 Å². The van der Waals surface area contributed by atoms with E-state index >= 15 is 0 Å². The van der Waals surface area contributed by atoms with E-state index in [1.807, 2.05) is 0 Å². The second-order valence-corrected chi connectivity index (χ2v) is 3.98. The number of halogens is 4. The fourth-order valence-corrected chi connectivity index (χ4v) is 1.34. The summed E-state index contributed by atoms with van der Waals surface area (Å²) >= 11 is 5.47. The summed E-state index contributed by atoms with van der Waals surface area (Å²) in [5.41, 5.74) is 0. The molecule has 0 saturated carbocycles. The highest BCUT2D eigenvalue weighted by Gasteiger charge is 2.35. The van der Waals surface area contributed by atoms with Crippen molar-refractivity contribution in [3.63, 3.8) is 0 Å². The van der Waals surface area contributed by atoms with Crippen molar-refractivity contribution in [1.82, 2.24) is 15.3 Å². The molecule has 0 bridgehead atoms. The summed E-state index contributed by atoms with van der Waals surface area (Å²) in [6, 6.07) is 1.10. The Labute approximate surface area is 117 Å². The van der Waals surface area contributed by atoms with Gasteiger partial charge >= 0.3 is 6.18 Å². The molecule has 112 valence electrons. The highest BCUT2D eigenvalue weighted by Crippen LogP contribution is 2.28. The van der Waals surface area contributed by atoms with Gasteiger partial charge in [-0.1, -0.05) is 11.6 Å². The quantitative estimate of drug-likeness (QED) is 0.612. The number of aromatic nitrogens is 2. The highest BCUT2D eigenvalue weighted by molar-refractivity contribution is 6.29. The zero-order valence-electron chi connectivity index (χ0n) is 10.4. The number of methoxy groups -OCH3 is 1. The van der Waals surface area contributed by atoms with Gasteiger partial charge in [0.25, 0.3) is 0 Å². The Morgan fingerprint density at radius 2 is 2.15 bits per heavy atom. The van der Waals surface area contributed by atoms with Crippen LogP contribution in [0.15, 0.2) is 6.07 Å². The number of anilines is 1. The summed E-state index contributed by atoms with van der Waals surface area (Å²) < 4.78 is 42.1. The van der Waals surface area contributed by atoms with Gasteiger partial charge in [0, 0.05) is 19.7 Å². The molecule has 10 heteroatoms. The Morgan fingerprint density at radius 3 is 2.75 bits per heavy atom. The molecule has 0 radical (unpaired) electrons. The van der Waals surface area contributed by atoms with Gasteiger partial charge in [0.15, 0.2) is 0 Å². The third kappa shape index (κ3) is 5.57. The fraction of sp³-hybridized carbons (Fsp3) is 0.500. The van der Waals surface area contributed by atoms with Crippen molar-refractivity contribution < 1.29 is 22.7 Å². The van der Waals surface area contributed by atoms with E-state index in [0.717, 1.165) is 6.07 Å². The maximum atomic E-state index is 12.4. The number of rotatable bonds is 6. The Bertz CT molecular complexity index is 470. The maximum absolute atomic E-state index is 12.4. The Kier molecular flexibility index (Phi) is 5.96. The first-order chi connectivity index (χ1) is 9.32. The van der Waals surface area contributed by atoms with Crippen LogP contribution in [0.25, 0.3) is 0 Å². The van der Waals surface area contributed by atoms with E-state index in [1.54, 1.807) is 0 Å². The second kappa shape index (κ2) is 7.25. The third-order valence-corrected chi connectivity index (χ3v) is 2.20. The Morgan fingerprint density at radius 1 is 1.45 bits per heavy atom. The second-order valence-electron chi connectivity index (χ2n) is 3.59. The third-order valence-electron chi connectivity index (χ3n) is 2.01. The van der Waals surface area contributed by atoms with Gasteiger partial charge in [0.05, 0.1) is 13.2 Å². The first-order valence-electron chi connectivity index (χ1n) is 5.44. The van der Waals surface area contributed by atoms with E-state index in [2.05, 4.69) is 20.6 Å². The minimum atomic E-state index is -4.71. The zero-order valence-corrected chi connectivity index (χ0v) is 11.2. The molecule has 0 unspecified atom stereocenters. The van der Waals surface area contributed by atoms with Gasteiger partial charge in [-0.25, -0.2) is 9.97 Å².